The van der Waals surface area contributed by atoms with Crippen molar-refractivity contribution in [3.05, 3.63) is 50.1 Å². The molecule has 2 N–H and O–H groups in total. The zero-order valence-electron chi connectivity index (χ0n) is 11.8. The van der Waals surface area contributed by atoms with E-state index in [9.17, 15) is 8.42 Å². The number of thiophene rings is 1. The highest BCUT2D eigenvalue weighted by molar-refractivity contribution is 9.10. The zero-order valence-corrected chi connectivity index (χ0v) is 15.0. The molecule has 0 aliphatic heterocycles. The van der Waals surface area contributed by atoms with Gasteiger partial charge < -0.3 is 5.32 Å². The Morgan fingerprint density at radius 1 is 1.29 bits per heavy atom. The number of sulfonamides is 1. The third-order valence-corrected chi connectivity index (χ3v) is 6.35. The van der Waals surface area contributed by atoms with Crippen molar-refractivity contribution in [1.82, 2.24) is 10.0 Å². The molecule has 0 atom stereocenters. The van der Waals surface area contributed by atoms with Crippen molar-refractivity contribution in [2.75, 3.05) is 7.05 Å². The summed E-state index contributed by atoms with van der Waals surface area (Å²) in [6, 6.07) is 7.26. The summed E-state index contributed by atoms with van der Waals surface area (Å²) in [5, 5.41) is 4.98. The van der Waals surface area contributed by atoms with Crippen LogP contribution in [-0.2, 0) is 23.1 Å². The molecule has 0 amide bonds. The molecular weight excluding hydrogens is 372 g/mol. The topological polar surface area (TPSA) is 58.2 Å². The van der Waals surface area contributed by atoms with Gasteiger partial charge in [-0.15, -0.1) is 11.3 Å². The van der Waals surface area contributed by atoms with Gasteiger partial charge in [-0.1, -0.05) is 12.1 Å². The van der Waals surface area contributed by atoms with Crippen molar-refractivity contribution < 1.29 is 8.42 Å². The Bertz CT molecular complexity index is 726. The van der Waals surface area contributed by atoms with Crippen LogP contribution < -0.4 is 10.0 Å². The van der Waals surface area contributed by atoms with Crippen LogP contribution in [0.2, 0.25) is 0 Å². The molecule has 1 heterocycles. The third kappa shape index (κ3) is 4.14. The second-order valence-corrected chi connectivity index (χ2v) is 8.27. The number of nitrogens with one attached hydrogen (secondary N) is 2. The molecule has 1 aromatic heterocycles. The molecule has 2 aromatic rings. The Kier molecular flexibility index (Phi) is 5.56. The summed E-state index contributed by atoms with van der Waals surface area (Å²) in [5.41, 5.74) is 1.77. The molecule has 0 fully saturated rings. The Hall–Kier alpha value is -0.730. The Labute approximate surface area is 137 Å². The van der Waals surface area contributed by atoms with E-state index in [2.05, 4.69) is 26.0 Å². The van der Waals surface area contributed by atoms with Crippen LogP contribution in [0.5, 0.6) is 0 Å². The lowest BCUT2D eigenvalue weighted by molar-refractivity contribution is 0.581. The maximum Gasteiger partial charge on any atom is 0.241 e. The third-order valence-electron chi connectivity index (χ3n) is 3.11. The van der Waals surface area contributed by atoms with E-state index in [1.165, 1.54) is 11.3 Å². The van der Waals surface area contributed by atoms with E-state index >= 15 is 0 Å². The summed E-state index contributed by atoms with van der Waals surface area (Å²) in [5.74, 6) is 0. The number of hydrogen-bond donors (Lipinski definition) is 2. The molecule has 7 heteroatoms. The van der Waals surface area contributed by atoms with Crippen LogP contribution in [0, 0.1) is 6.92 Å². The van der Waals surface area contributed by atoms with Crippen LogP contribution in [-0.4, -0.2) is 15.5 Å². The fraction of sp³-hybridized carbons (Fsp3) is 0.286. The Balaban J connectivity index is 2.21. The van der Waals surface area contributed by atoms with Crippen molar-refractivity contribution in [1.29, 1.82) is 0 Å². The maximum absolute atomic E-state index is 12.5. The predicted octanol–water partition coefficient (Wildman–Crippen LogP) is 3.02. The van der Waals surface area contributed by atoms with E-state index in [-0.39, 0.29) is 0 Å². The van der Waals surface area contributed by atoms with Gasteiger partial charge in [0.2, 0.25) is 10.0 Å². The van der Waals surface area contributed by atoms with Gasteiger partial charge in [-0.25, -0.2) is 13.1 Å². The SMILES string of the molecule is CNCc1cccc(S(=O)(=O)NCc2cc(Br)cs2)c1C. The molecule has 0 saturated carbocycles. The minimum absolute atomic E-state index is 0.300. The number of rotatable bonds is 6. The first-order valence-electron chi connectivity index (χ1n) is 6.39. The lowest BCUT2D eigenvalue weighted by Crippen LogP contribution is -2.24. The van der Waals surface area contributed by atoms with Crippen molar-refractivity contribution >= 4 is 37.3 Å². The summed E-state index contributed by atoms with van der Waals surface area (Å²) >= 11 is 4.88. The molecule has 0 spiro atoms. The zero-order chi connectivity index (χ0) is 15.5. The second kappa shape index (κ2) is 7.02. The van der Waals surface area contributed by atoms with Gasteiger partial charge in [0.1, 0.15) is 0 Å². The lowest BCUT2D eigenvalue weighted by atomic mass is 10.1. The van der Waals surface area contributed by atoms with E-state index in [0.29, 0.717) is 18.0 Å². The van der Waals surface area contributed by atoms with Gasteiger partial charge in [0.25, 0.3) is 0 Å². The summed E-state index contributed by atoms with van der Waals surface area (Å²) in [4.78, 5) is 1.31. The van der Waals surface area contributed by atoms with Gasteiger partial charge in [0, 0.05) is 27.8 Å². The molecule has 0 saturated heterocycles. The van der Waals surface area contributed by atoms with Crippen LogP contribution in [0.1, 0.15) is 16.0 Å². The minimum Gasteiger partial charge on any atom is -0.316 e. The van der Waals surface area contributed by atoms with Crippen molar-refractivity contribution in [3.8, 4) is 0 Å². The molecule has 0 radical (unpaired) electrons. The molecule has 21 heavy (non-hydrogen) atoms. The Morgan fingerprint density at radius 2 is 2.05 bits per heavy atom. The first-order valence-corrected chi connectivity index (χ1v) is 9.55. The van der Waals surface area contributed by atoms with E-state index in [1.807, 2.05) is 31.5 Å². The largest absolute Gasteiger partial charge is 0.316 e. The van der Waals surface area contributed by atoms with Gasteiger partial charge >= 0.3 is 0 Å². The van der Waals surface area contributed by atoms with Crippen molar-refractivity contribution in [2.45, 2.75) is 24.9 Å². The lowest BCUT2D eigenvalue weighted by Gasteiger charge is -2.12. The van der Waals surface area contributed by atoms with Gasteiger partial charge in [-0.3, -0.25) is 0 Å². The summed E-state index contributed by atoms with van der Waals surface area (Å²) in [7, 11) is -1.67. The maximum atomic E-state index is 12.5. The van der Waals surface area contributed by atoms with Gasteiger partial charge in [-0.2, -0.15) is 0 Å². The molecule has 0 unspecified atom stereocenters. The quantitative estimate of drug-likeness (QED) is 0.799. The Morgan fingerprint density at radius 3 is 2.67 bits per heavy atom. The molecule has 0 aliphatic rings. The van der Waals surface area contributed by atoms with Crippen LogP contribution >= 0.6 is 27.3 Å². The van der Waals surface area contributed by atoms with E-state index in [0.717, 1.165) is 20.5 Å². The van der Waals surface area contributed by atoms with E-state index in [4.69, 9.17) is 0 Å². The van der Waals surface area contributed by atoms with Crippen LogP contribution in [0.3, 0.4) is 0 Å². The fourth-order valence-corrected chi connectivity index (χ4v) is 4.80. The van der Waals surface area contributed by atoms with E-state index < -0.39 is 10.0 Å². The summed E-state index contributed by atoms with van der Waals surface area (Å²) in [6.45, 7) is 2.78. The summed E-state index contributed by atoms with van der Waals surface area (Å²) < 4.78 is 28.5. The highest BCUT2D eigenvalue weighted by Gasteiger charge is 2.18. The standard InChI is InChI=1S/C14H17BrN2O2S2/c1-10-11(7-16-2)4-3-5-14(10)21(18,19)17-8-13-6-12(15)9-20-13/h3-6,9,16-17H,7-8H2,1-2H3. The predicted molar refractivity (Wildman–Crippen MR) is 90.0 cm³/mol. The average Bonchev–Trinajstić information content (AvgIpc) is 2.85. The number of hydrogen-bond acceptors (Lipinski definition) is 4. The smallest absolute Gasteiger partial charge is 0.241 e. The molecule has 114 valence electrons. The number of halogens is 1. The van der Waals surface area contributed by atoms with Crippen molar-refractivity contribution in [3.63, 3.8) is 0 Å². The van der Waals surface area contributed by atoms with Gasteiger partial charge in [0.15, 0.2) is 0 Å². The number of benzene rings is 1. The second-order valence-electron chi connectivity index (χ2n) is 4.63. The van der Waals surface area contributed by atoms with Crippen molar-refractivity contribution in [2.24, 2.45) is 0 Å². The monoisotopic (exact) mass is 388 g/mol. The normalized spacial score (nSPS) is 11.8. The van der Waals surface area contributed by atoms with Crippen LogP contribution in [0.15, 0.2) is 39.0 Å². The molecular formula is C14H17BrN2O2S2. The average molecular weight is 389 g/mol. The van der Waals surface area contributed by atoms with E-state index in [1.54, 1.807) is 12.1 Å². The van der Waals surface area contributed by atoms with Gasteiger partial charge in [0.05, 0.1) is 4.90 Å². The highest BCUT2D eigenvalue weighted by atomic mass is 79.9. The molecule has 2 rings (SSSR count). The fourth-order valence-electron chi connectivity index (χ4n) is 2.02. The van der Waals surface area contributed by atoms with Crippen LogP contribution in [0.4, 0.5) is 0 Å². The summed E-state index contributed by atoms with van der Waals surface area (Å²) in [6.07, 6.45) is 0. The molecule has 0 bridgehead atoms. The van der Waals surface area contributed by atoms with Crippen LogP contribution in [0.25, 0.3) is 0 Å². The highest BCUT2D eigenvalue weighted by Crippen LogP contribution is 2.22. The molecule has 0 aliphatic carbocycles. The first-order chi connectivity index (χ1) is 9.94. The molecule has 1 aromatic carbocycles. The molecule has 4 nitrogen and oxygen atoms in total. The minimum atomic E-state index is -3.51. The van der Waals surface area contributed by atoms with Gasteiger partial charge in [-0.05, 0) is 53.2 Å². The first kappa shape index (κ1) is 16.6.